The summed E-state index contributed by atoms with van der Waals surface area (Å²) in [4.78, 5) is 15.8. The minimum absolute atomic E-state index is 0.152. The zero-order chi connectivity index (χ0) is 11.1. The van der Waals surface area contributed by atoms with E-state index in [2.05, 4.69) is 10.3 Å². The molecule has 2 atom stereocenters. The number of anilines is 1. The van der Waals surface area contributed by atoms with Gasteiger partial charge in [0, 0.05) is 5.92 Å². The van der Waals surface area contributed by atoms with Gasteiger partial charge in [0.25, 0.3) is 0 Å². The quantitative estimate of drug-likeness (QED) is 0.803. The van der Waals surface area contributed by atoms with Gasteiger partial charge in [0.1, 0.15) is 5.15 Å². The summed E-state index contributed by atoms with van der Waals surface area (Å²) in [5.41, 5.74) is 0.736. The first-order valence-electron chi connectivity index (χ1n) is 5.68. The van der Waals surface area contributed by atoms with Gasteiger partial charge in [-0.05, 0) is 36.8 Å². The van der Waals surface area contributed by atoms with Gasteiger partial charge in [-0.15, -0.1) is 0 Å². The number of halogens is 1. The molecule has 0 radical (unpaired) electrons. The van der Waals surface area contributed by atoms with Crippen LogP contribution in [0.3, 0.4) is 0 Å². The van der Waals surface area contributed by atoms with E-state index < -0.39 is 0 Å². The second kappa shape index (κ2) is 3.74. The molecular formula is C12H13ClN2O. The third-order valence-electron chi connectivity index (χ3n) is 3.70. The number of aromatic nitrogens is 1. The first kappa shape index (κ1) is 10.1. The number of nitrogens with one attached hydrogen (secondary N) is 1. The number of carbonyl (C=O) groups excluding carboxylic acids is 1. The molecule has 1 amide bonds. The molecule has 2 aliphatic rings. The van der Waals surface area contributed by atoms with Crippen molar-refractivity contribution in [2.45, 2.75) is 19.3 Å². The molecule has 0 saturated heterocycles. The predicted octanol–water partition coefficient (Wildman–Crippen LogP) is 2.72. The van der Waals surface area contributed by atoms with Crippen LogP contribution in [0.25, 0.3) is 0 Å². The molecule has 4 heteroatoms. The molecule has 0 bridgehead atoms. The fourth-order valence-electron chi connectivity index (χ4n) is 2.89. The van der Waals surface area contributed by atoms with Gasteiger partial charge in [0.05, 0.1) is 11.9 Å². The summed E-state index contributed by atoms with van der Waals surface area (Å²) in [6, 6.07) is 3.47. The summed E-state index contributed by atoms with van der Waals surface area (Å²) < 4.78 is 0. The molecule has 2 saturated carbocycles. The zero-order valence-corrected chi connectivity index (χ0v) is 9.57. The van der Waals surface area contributed by atoms with Gasteiger partial charge in [-0.1, -0.05) is 18.0 Å². The van der Waals surface area contributed by atoms with Gasteiger partial charge in [0.15, 0.2) is 0 Å². The van der Waals surface area contributed by atoms with Crippen LogP contribution in [0.2, 0.25) is 5.15 Å². The van der Waals surface area contributed by atoms with Gasteiger partial charge >= 0.3 is 0 Å². The van der Waals surface area contributed by atoms with E-state index in [-0.39, 0.29) is 11.8 Å². The molecule has 84 valence electrons. The Morgan fingerprint density at radius 2 is 2.12 bits per heavy atom. The lowest BCUT2D eigenvalue weighted by Gasteiger charge is -2.05. The molecule has 3 rings (SSSR count). The van der Waals surface area contributed by atoms with E-state index in [1.807, 2.05) is 0 Å². The maximum absolute atomic E-state index is 11.9. The number of amides is 1. The van der Waals surface area contributed by atoms with E-state index >= 15 is 0 Å². The minimum Gasteiger partial charge on any atom is -0.324 e. The molecule has 0 spiro atoms. The number of hydrogen-bond acceptors (Lipinski definition) is 2. The van der Waals surface area contributed by atoms with E-state index in [0.717, 1.165) is 5.69 Å². The predicted molar refractivity (Wildman–Crippen MR) is 62.2 cm³/mol. The fourth-order valence-corrected chi connectivity index (χ4v) is 3.00. The molecule has 1 aromatic rings. The molecule has 1 heterocycles. The van der Waals surface area contributed by atoms with Crippen LogP contribution < -0.4 is 5.32 Å². The van der Waals surface area contributed by atoms with Crippen LogP contribution in [0.4, 0.5) is 5.69 Å². The second-order valence-corrected chi connectivity index (χ2v) is 5.03. The molecule has 0 aliphatic heterocycles. The number of hydrogen-bond donors (Lipinski definition) is 1. The summed E-state index contributed by atoms with van der Waals surface area (Å²) in [7, 11) is 0. The van der Waals surface area contributed by atoms with E-state index in [1.165, 1.54) is 19.3 Å². The van der Waals surface area contributed by atoms with Crippen LogP contribution in [0, 0.1) is 17.8 Å². The van der Waals surface area contributed by atoms with Gasteiger partial charge in [0.2, 0.25) is 5.91 Å². The molecule has 2 fully saturated rings. The van der Waals surface area contributed by atoms with Crippen molar-refractivity contribution < 1.29 is 4.79 Å². The topological polar surface area (TPSA) is 42.0 Å². The molecule has 2 unspecified atom stereocenters. The summed E-state index contributed by atoms with van der Waals surface area (Å²) >= 11 is 5.68. The Bertz CT molecular complexity index is 408. The standard InChI is InChI=1S/C12H13ClN2O/c13-10-5-4-7(6-14-10)15-12(16)11-8-2-1-3-9(8)11/h4-6,8-9,11H,1-3H2,(H,15,16). The highest BCUT2D eigenvalue weighted by atomic mass is 35.5. The van der Waals surface area contributed by atoms with Crippen molar-refractivity contribution in [3.8, 4) is 0 Å². The third kappa shape index (κ3) is 1.69. The molecule has 16 heavy (non-hydrogen) atoms. The Morgan fingerprint density at radius 3 is 2.75 bits per heavy atom. The highest BCUT2D eigenvalue weighted by molar-refractivity contribution is 6.29. The molecular weight excluding hydrogens is 224 g/mol. The number of carbonyl (C=O) groups is 1. The second-order valence-electron chi connectivity index (χ2n) is 4.64. The lowest BCUT2D eigenvalue weighted by molar-refractivity contribution is -0.118. The largest absolute Gasteiger partial charge is 0.324 e. The fraction of sp³-hybridized carbons (Fsp3) is 0.500. The summed E-state index contributed by atoms with van der Waals surface area (Å²) in [5.74, 6) is 1.71. The van der Waals surface area contributed by atoms with Crippen LogP contribution in [0.5, 0.6) is 0 Å². The Kier molecular flexibility index (Phi) is 2.36. The first-order valence-corrected chi connectivity index (χ1v) is 6.06. The van der Waals surface area contributed by atoms with Crippen molar-refractivity contribution in [3.63, 3.8) is 0 Å². The van der Waals surface area contributed by atoms with Crippen molar-refractivity contribution in [2.75, 3.05) is 5.32 Å². The Labute approximate surface area is 99.2 Å². The number of fused-ring (bicyclic) bond motifs is 1. The lowest BCUT2D eigenvalue weighted by atomic mass is 10.1. The van der Waals surface area contributed by atoms with Crippen molar-refractivity contribution in [1.29, 1.82) is 0 Å². The number of pyridine rings is 1. The van der Waals surface area contributed by atoms with E-state index in [4.69, 9.17) is 11.6 Å². The number of rotatable bonds is 2. The van der Waals surface area contributed by atoms with Crippen LogP contribution in [0.1, 0.15) is 19.3 Å². The Morgan fingerprint density at radius 1 is 1.38 bits per heavy atom. The van der Waals surface area contributed by atoms with Gasteiger partial charge < -0.3 is 5.32 Å². The van der Waals surface area contributed by atoms with Crippen molar-refractivity contribution in [1.82, 2.24) is 4.98 Å². The minimum atomic E-state index is 0.152. The van der Waals surface area contributed by atoms with Gasteiger partial charge in [-0.3, -0.25) is 4.79 Å². The highest BCUT2D eigenvalue weighted by Crippen LogP contribution is 2.57. The first-order chi connectivity index (χ1) is 7.75. The molecule has 2 aliphatic carbocycles. The van der Waals surface area contributed by atoms with E-state index in [9.17, 15) is 4.79 Å². The SMILES string of the molecule is O=C(Nc1ccc(Cl)nc1)C1C2CCCC21. The Hall–Kier alpha value is -1.09. The van der Waals surface area contributed by atoms with Crippen molar-refractivity contribution in [2.24, 2.45) is 17.8 Å². The molecule has 3 nitrogen and oxygen atoms in total. The summed E-state index contributed by atoms with van der Waals surface area (Å²) in [6.07, 6.45) is 5.34. The normalized spacial score (nSPS) is 30.9. The molecule has 0 aromatic carbocycles. The Balaban J connectivity index is 1.63. The lowest BCUT2D eigenvalue weighted by Crippen LogP contribution is -2.16. The van der Waals surface area contributed by atoms with Crippen LogP contribution >= 0.6 is 11.6 Å². The number of nitrogens with zero attached hydrogens (tertiary/aromatic N) is 1. The van der Waals surface area contributed by atoms with Crippen molar-refractivity contribution in [3.05, 3.63) is 23.5 Å². The maximum atomic E-state index is 11.9. The average Bonchev–Trinajstić information content (AvgIpc) is 2.76. The summed E-state index contributed by atoms with van der Waals surface area (Å²) in [5, 5.41) is 3.35. The van der Waals surface area contributed by atoms with Crippen molar-refractivity contribution >= 4 is 23.2 Å². The van der Waals surface area contributed by atoms with Crippen LogP contribution in [-0.2, 0) is 4.79 Å². The van der Waals surface area contributed by atoms with Gasteiger partial charge in [-0.25, -0.2) is 4.98 Å². The maximum Gasteiger partial charge on any atom is 0.228 e. The molecule has 1 aromatic heterocycles. The zero-order valence-electron chi connectivity index (χ0n) is 8.82. The van der Waals surface area contributed by atoms with E-state index in [1.54, 1.807) is 18.3 Å². The van der Waals surface area contributed by atoms with Crippen LogP contribution in [0.15, 0.2) is 18.3 Å². The third-order valence-corrected chi connectivity index (χ3v) is 3.93. The van der Waals surface area contributed by atoms with Gasteiger partial charge in [-0.2, -0.15) is 0 Å². The highest BCUT2D eigenvalue weighted by Gasteiger charge is 2.56. The van der Waals surface area contributed by atoms with Crippen LogP contribution in [-0.4, -0.2) is 10.9 Å². The average molecular weight is 237 g/mol. The smallest absolute Gasteiger partial charge is 0.228 e. The monoisotopic (exact) mass is 236 g/mol. The van der Waals surface area contributed by atoms with E-state index in [0.29, 0.717) is 17.0 Å². The summed E-state index contributed by atoms with van der Waals surface area (Å²) in [6.45, 7) is 0. The molecule has 1 N–H and O–H groups in total.